The van der Waals surface area contributed by atoms with Crippen LogP contribution in [0.3, 0.4) is 0 Å². The molecule has 0 radical (unpaired) electrons. The Morgan fingerprint density at radius 1 is 1.07 bits per heavy atom. The highest BCUT2D eigenvalue weighted by molar-refractivity contribution is 6.06. The van der Waals surface area contributed by atoms with E-state index in [2.05, 4.69) is 0 Å². The Kier molecular flexibility index (Phi) is 3.44. The molecule has 0 atom stereocenters. The molecule has 2 aromatic carbocycles. The minimum Gasteiger partial charge on any atom is -0.506 e. The molecule has 142 valence electrons. The zero-order valence-corrected chi connectivity index (χ0v) is 15.2. The molecule has 0 aliphatic carbocycles. The van der Waals surface area contributed by atoms with Gasteiger partial charge in [-0.05, 0) is 42.8 Å². The summed E-state index contributed by atoms with van der Waals surface area (Å²) >= 11 is 0. The second kappa shape index (κ2) is 5.90. The molecule has 0 spiro atoms. The van der Waals surface area contributed by atoms with Crippen LogP contribution in [0.5, 0.6) is 5.75 Å². The summed E-state index contributed by atoms with van der Waals surface area (Å²) in [7, 11) is 0. The van der Waals surface area contributed by atoms with E-state index in [1.807, 2.05) is 19.1 Å². The number of benzene rings is 2. The number of pyridine rings is 2. The zero-order chi connectivity index (χ0) is 20.3. The van der Waals surface area contributed by atoms with Gasteiger partial charge in [-0.25, -0.2) is 4.98 Å². The molecule has 5 rings (SSSR count). The Morgan fingerprint density at radius 3 is 2.55 bits per heavy atom. The first-order valence-electron chi connectivity index (χ1n) is 8.85. The van der Waals surface area contributed by atoms with E-state index in [9.17, 15) is 20.0 Å². The van der Waals surface area contributed by atoms with Crippen LogP contribution in [0.25, 0.3) is 33.3 Å². The van der Waals surface area contributed by atoms with Crippen molar-refractivity contribution in [2.24, 2.45) is 0 Å². The van der Waals surface area contributed by atoms with Crippen LogP contribution in [0.4, 0.5) is 5.69 Å². The second-order valence-corrected chi connectivity index (χ2v) is 6.81. The summed E-state index contributed by atoms with van der Waals surface area (Å²) in [5.41, 5.74) is 2.72. The van der Waals surface area contributed by atoms with Gasteiger partial charge in [0.15, 0.2) is 5.65 Å². The predicted molar refractivity (Wildman–Crippen MR) is 109 cm³/mol. The van der Waals surface area contributed by atoms with E-state index in [1.165, 1.54) is 41.1 Å². The fraction of sp³-hybridized carbons (Fsp3) is 0.0476. The molecule has 1 N–H and O–H groups in total. The highest BCUT2D eigenvalue weighted by Crippen LogP contribution is 2.29. The van der Waals surface area contributed by atoms with E-state index in [4.69, 9.17) is 4.98 Å². The van der Waals surface area contributed by atoms with Crippen molar-refractivity contribution in [3.8, 4) is 11.4 Å². The summed E-state index contributed by atoms with van der Waals surface area (Å²) in [5, 5.41) is 22.2. The summed E-state index contributed by atoms with van der Waals surface area (Å²) in [6.45, 7) is 1.92. The molecule has 5 aromatic rings. The van der Waals surface area contributed by atoms with Gasteiger partial charge in [0.05, 0.1) is 22.2 Å². The first kappa shape index (κ1) is 16.9. The number of rotatable bonds is 2. The number of nitro benzene ring substituents is 1. The van der Waals surface area contributed by atoms with Gasteiger partial charge in [0.1, 0.15) is 16.9 Å². The first-order chi connectivity index (χ1) is 14.0. The molecular formula is C21H14N4O4. The third-order valence-electron chi connectivity index (χ3n) is 5.05. The fourth-order valence-corrected chi connectivity index (χ4v) is 3.74. The number of aromatic nitrogens is 3. The smallest absolute Gasteiger partial charge is 0.269 e. The number of hydrogen-bond acceptors (Lipinski definition) is 5. The van der Waals surface area contributed by atoms with Crippen LogP contribution in [-0.4, -0.2) is 24.0 Å². The summed E-state index contributed by atoms with van der Waals surface area (Å²) in [4.78, 5) is 28.7. The number of hydrogen-bond donors (Lipinski definition) is 1. The molecule has 0 saturated carbocycles. The van der Waals surface area contributed by atoms with E-state index >= 15 is 0 Å². The lowest BCUT2D eigenvalue weighted by Crippen LogP contribution is -2.20. The number of fused-ring (bicyclic) bond motifs is 5. The predicted octanol–water partition coefficient (Wildman–Crippen LogP) is 3.71. The van der Waals surface area contributed by atoms with Crippen molar-refractivity contribution in [3.63, 3.8) is 0 Å². The van der Waals surface area contributed by atoms with E-state index in [1.54, 1.807) is 16.5 Å². The van der Waals surface area contributed by atoms with Crippen LogP contribution in [0.2, 0.25) is 0 Å². The molecule has 0 aliphatic heterocycles. The minimum absolute atomic E-state index is 0.0318. The number of nitrogens with zero attached hydrogens (tertiary/aromatic N) is 4. The molecule has 8 heteroatoms. The molecule has 3 aromatic heterocycles. The van der Waals surface area contributed by atoms with Gasteiger partial charge < -0.3 is 5.11 Å². The lowest BCUT2D eigenvalue weighted by atomic mass is 10.1. The Morgan fingerprint density at radius 2 is 1.83 bits per heavy atom. The van der Waals surface area contributed by atoms with Crippen molar-refractivity contribution in [1.82, 2.24) is 14.0 Å². The van der Waals surface area contributed by atoms with E-state index in [0.717, 1.165) is 10.9 Å². The molecule has 29 heavy (non-hydrogen) atoms. The lowest BCUT2D eigenvalue weighted by Gasteiger charge is -2.12. The van der Waals surface area contributed by atoms with E-state index in [0.29, 0.717) is 27.9 Å². The first-order valence-corrected chi connectivity index (χ1v) is 8.85. The van der Waals surface area contributed by atoms with Crippen molar-refractivity contribution < 1.29 is 10.0 Å². The van der Waals surface area contributed by atoms with Gasteiger partial charge in [0, 0.05) is 17.5 Å². The SMILES string of the molecule is Cc1cccc2c(=O)n(-c3ccc([N+](=O)[O-])cc3)c3c(nc4ccc(O)cn43)c12. The summed E-state index contributed by atoms with van der Waals surface area (Å²) in [5.74, 6) is 0.0318. The van der Waals surface area contributed by atoms with Crippen LogP contribution in [0.1, 0.15) is 5.56 Å². The van der Waals surface area contributed by atoms with Gasteiger partial charge >= 0.3 is 0 Å². The van der Waals surface area contributed by atoms with Gasteiger partial charge in [-0.1, -0.05) is 12.1 Å². The molecular weight excluding hydrogens is 372 g/mol. The maximum Gasteiger partial charge on any atom is 0.269 e. The average molecular weight is 386 g/mol. The third-order valence-corrected chi connectivity index (χ3v) is 5.05. The fourth-order valence-electron chi connectivity index (χ4n) is 3.74. The molecule has 0 unspecified atom stereocenters. The van der Waals surface area contributed by atoms with Crippen molar-refractivity contribution in [2.45, 2.75) is 6.92 Å². The maximum atomic E-state index is 13.5. The average Bonchev–Trinajstić information content (AvgIpc) is 3.07. The lowest BCUT2D eigenvalue weighted by molar-refractivity contribution is -0.384. The molecule has 3 heterocycles. The largest absolute Gasteiger partial charge is 0.506 e. The van der Waals surface area contributed by atoms with Crippen molar-refractivity contribution >= 4 is 33.3 Å². The summed E-state index contributed by atoms with van der Waals surface area (Å²) < 4.78 is 3.12. The van der Waals surface area contributed by atoms with Crippen molar-refractivity contribution in [3.05, 3.63) is 86.8 Å². The molecule has 0 saturated heterocycles. The quantitative estimate of drug-likeness (QED) is 0.368. The Bertz CT molecular complexity index is 1510. The number of aryl methyl sites for hydroxylation is 1. The molecule has 8 nitrogen and oxygen atoms in total. The monoisotopic (exact) mass is 386 g/mol. The van der Waals surface area contributed by atoms with Crippen molar-refractivity contribution in [2.75, 3.05) is 0 Å². The van der Waals surface area contributed by atoms with Gasteiger partial charge in [-0.2, -0.15) is 0 Å². The van der Waals surface area contributed by atoms with Gasteiger partial charge in [-0.15, -0.1) is 0 Å². The summed E-state index contributed by atoms with van der Waals surface area (Å²) in [6, 6.07) is 14.4. The van der Waals surface area contributed by atoms with Crippen molar-refractivity contribution in [1.29, 1.82) is 0 Å². The second-order valence-electron chi connectivity index (χ2n) is 6.81. The Balaban J connectivity index is 2.02. The number of non-ortho nitro benzene ring substituents is 1. The van der Waals surface area contributed by atoms with Crippen LogP contribution in [-0.2, 0) is 0 Å². The molecule has 0 aliphatic rings. The van der Waals surface area contributed by atoms with Gasteiger partial charge in [0.25, 0.3) is 11.2 Å². The van der Waals surface area contributed by atoms with E-state index in [-0.39, 0.29) is 17.0 Å². The highest BCUT2D eigenvalue weighted by Gasteiger charge is 2.19. The number of imidazole rings is 1. The van der Waals surface area contributed by atoms with Crippen LogP contribution in [0, 0.1) is 17.0 Å². The highest BCUT2D eigenvalue weighted by atomic mass is 16.6. The third kappa shape index (κ3) is 2.39. The van der Waals surface area contributed by atoms with Gasteiger partial charge in [-0.3, -0.25) is 23.9 Å². The topological polar surface area (TPSA) is 103 Å². The number of nitro groups is 1. The minimum atomic E-state index is -0.488. The van der Waals surface area contributed by atoms with Crippen LogP contribution >= 0.6 is 0 Å². The van der Waals surface area contributed by atoms with Gasteiger partial charge in [0.2, 0.25) is 0 Å². The Labute approximate surface area is 163 Å². The van der Waals surface area contributed by atoms with Crippen LogP contribution < -0.4 is 5.56 Å². The maximum absolute atomic E-state index is 13.5. The Hall–Kier alpha value is -4.20. The van der Waals surface area contributed by atoms with E-state index < -0.39 is 4.92 Å². The summed E-state index contributed by atoms with van der Waals surface area (Å²) in [6.07, 6.45) is 1.50. The normalized spacial score (nSPS) is 11.5. The number of aromatic hydroxyl groups is 1. The zero-order valence-electron chi connectivity index (χ0n) is 15.2. The van der Waals surface area contributed by atoms with Crippen LogP contribution in [0.15, 0.2) is 65.6 Å². The molecule has 0 amide bonds. The standard InChI is InChI=1S/C21H14N4O4/c1-12-3-2-4-16-18(12)19-20(23-11-15(26)9-10-17(23)22-19)24(21(16)27)13-5-7-14(8-6-13)25(28)29/h2-11,26H,1H3. The molecule has 0 bridgehead atoms. The molecule has 0 fully saturated rings.